The Morgan fingerprint density at radius 2 is 2.24 bits per heavy atom. The molecule has 1 aromatic rings. The maximum Gasteiger partial charge on any atom is 0.258 e. The monoisotopic (exact) mass is 288 g/mol. The average molecular weight is 288 g/mol. The van der Waals surface area contributed by atoms with Crippen LogP contribution in [0.2, 0.25) is 0 Å². The lowest BCUT2D eigenvalue weighted by molar-refractivity contribution is -0.122. The SMILES string of the molecule is C#CCNC(=O)COc1cc(CNC2CC2)ccc1OC. The standard InChI is InChI=1S/C16H20N2O3/c1-3-8-17-16(19)11-21-15-9-12(4-7-14(15)20-2)10-18-13-5-6-13/h1,4,7,9,13,18H,5-6,8,10-11H2,2H3,(H,17,19). The van der Waals surface area contributed by atoms with Crippen LogP contribution >= 0.6 is 0 Å². The summed E-state index contributed by atoms with van der Waals surface area (Å²) in [5.74, 6) is 3.25. The largest absolute Gasteiger partial charge is 0.493 e. The van der Waals surface area contributed by atoms with Gasteiger partial charge >= 0.3 is 0 Å². The number of methoxy groups -OCH3 is 1. The number of ether oxygens (including phenoxy) is 2. The zero-order chi connectivity index (χ0) is 15.1. The summed E-state index contributed by atoms with van der Waals surface area (Å²) >= 11 is 0. The van der Waals surface area contributed by atoms with Crippen molar-refractivity contribution in [1.82, 2.24) is 10.6 Å². The lowest BCUT2D eigenvalue weighted by Gasteiger charge is -2.12. The van der Waals surface area contributed by atoms with Gasteiger partial charge in [-0.25, -0.2) is 0 Å². The van der Waals surface area contributed by atoms with Crippen molar-refractivity contribution in [1.29, 1.82) is 0 Å². The molecule has 1 amide bonds. The van der Waals surface area contributed by atoms with E-state index in [1.54, 1.807) is 7.11 Å². The Balaban J connectivity index is 1.92. The highest BCUT2D eigenvalue weighted by molar-refractivity contribution is 5.77. The van der Waals surface area contributed by atoms with Gasteiger partial charge in [0.25, 0.3) is 5.91 Å². The Morgan fingerprint density at radius 1 is 1.43 bits per heavy atom. The summed E-state index contributed by atoms with van der Waals surface area (Å²) in [6.07, 6.45) is 7.57. The van der Waals surface area contributed by atoms with Crippen molar-refractivity contribution >= 4 is 5.91 Å². The molecule has 1 aliphatic rings. The van der Waals surface area contributed by atoms with Crippen molar-refractivity contribution < 1.29 is 14.3 Å². The van der Waals surface area contributed by atoms with Gasteiger partial charge in [-0.05, 0) is 30.5 Å². The molecular weight excluding hydrogens is 268 g/mol. The third-order valence-corrected chi connectivity index (χ3v) is 3.15. The van der Waals surface area contributed by atoms with Crippen LogP contribution in [-0.4, -0.2) is 32.2 Å². The fraction of sp³-hybridized carbons (Fsp3) is 0.438. The molecule has 2 N–H and O–H groups in total. The number of terminal acetylenes is 1. The van der Waals surface area contributed by atoms with Crippen LogP contribution in [0.1, 0.15) is 18.4 Å². The zero-order valence-electron chi connectivity index (χ0n) is 12.1. The third kappa shape index (κ3) is 5.01. The molecule has 0 bridgehead atoms. The molecule has 0 saturated heterocycles. The normalized spacial score (nSPS) is 13.3. The van der Waals surface area contributed by atoms with Crippen molar-refractivity contribution in [2.75, 3.05) is 20.3 Å². The molecule has 5 heteroatoms. The summed E-state index contributed by atoms with van der Waals surface area (Å²) in [4.78, 5) is 11.5. The van der Waals surface area contributed by atoms with Crippen LogP contribution in [0.5, 0.6) is 11.5 Å². The Kier molecular flexibility index (Phi) is 5.47. The molecule has 0 atom stereocenters. The van der Waals surface area contributed by atoms with Crippen LogP contribution in [-0.2, 0) is 11.3 Å². The maximum absolute atomic E-state index is 11.5. The van der Waals surface area contributed by atoms with Gasteiger partial charge in [0.1, 0.15) is 0 Å². The summed E-state index contributed by atoms with van der Waals surface area (Å²) in [5.41, 5.74) is 1.10. The van der Waals surface area contributed by atoms with Gasteiger partial charge in [0.05, 0.1) is 13.7 Å². The van der Waals surface area contributed by atoms with Crippen LogP contribution < -0.4 is 20.1 Å². The van der Waals surface area contributed by atoms with E-state index in [1.165, 1.54) is 12.8 Å². The minimum atomic E-state index is -0.253. The lowest BCUT2D eigenvalue weighted by Crippen LogP contribution is -2.29. The smallest absolute Gasteiger partial charge is 0.258 e. The zero-order valence-corrected chi connectivity index (χ0v) is 12.1. The van der Waals surface area contributed by atoms with Crippen LogP contribution in [0, 0.1) is 12.3 Å². The molecule has 0 radical (unpaired) electrons. The molecule has 2 rings (SSSR count). The van der Waals surface area contributed by atoms with Gasteiger partial charge in [0, 0.05) is 12.6 Å². The highest BCUT2D eigenvalue weighted by Crippen LogP contribution is 2.28. The van der Waals surface area contributed by atoms with E-state index in [2.05, 4.69) is 16.6 Å². The van der Waals surface area contributed by atoms with Crippen molar-refractivity contribution in [2.45, 2.75) is 25.4 Å². The number of amides is 1. The van der Waals surface area contributed by atoms with Crippen LogP contribution in [0.4, 0.5) is 0 Å². The van der Waals surface area contributed by atoms with Gasteiger partial charge in [-0.15, -0.1) is 6.42 Å². The van der Waals surface area contributed by atoms with Gasteiger partial charge in [0.2, 0.25) is 0 Å². The first-order valence-electron chi connectivity index (χ1n) is 6.96. The second kappa shape index (κ2) is 7.55. The number of rotatable bonds is 8. The van der Waals surface area contributed by atoms with Crippen LogP contribution in [0.3, 0.4) is 0 Å². The molecule has 1 aliphatic carbocycles. The van der Waals surface area contributed by atoms with E-state index >= 15 is 0 Å². The van der Waals surface area contributed by atoms with Gasteiger partial charge in [-0.1, -0.05) is 12.0 Å². The predicted molar refractivity (Wildman–Crippen MR) is 80.2 cm³/mol. The minimum absolute atomic E-state index is 0.0858. The number of benzene rings is 1. The number of nitrogens with one attached hydrogen (secondary N) is 2. The van der Waals surface area contributed by atoms with Gasteiger partial charge in [-0.2, -0.15) is 0 Å². The van der Waals surface area contributed by atoms with Gasteiger partial charge < -0.3 is 20.1 Å². The first-order chi connectivity index (χ1) is 10.2. The minimum Gasteiger partial charge on any atom is -0.493 e. The van der Waals surface area contributed by atoms with Crippen molar-refractivity contribution in [2.24, 2.45) is 0 Å². The molecule has 5 nitrogen and oxygen atoms in total. The molecule has 0 heterocycles. The van der Waals surface area contributed by atoms with Crippen molar-refractivity contribution in [3.05, 3.63) is 23.8 Å². The van der Waals surface area contributed by atoms with E-state index < -0.39 is 0 Å². The molecule has 112 valence electrons. The molecule has 1 fully saturated rings. The maximum atomic E-state index is 11.5. The first kappa shape index (κ1) is 15.2. The van der Waals surface area contributed by atoms with E-state index in [4.69, 9.17) is 15.9 Å². The fourth-order valence-electron chi connectivity index (χ4n) is 1.84. The average Bonchev–Trinajstić information content (AvgIpc) is 3.33. The fourth-order valence-corrected chi connectivity index (χ4v) is 1.84. The molecule has 0 spiro atoms. The Bertz CT molecular complexity index is 533. The highest BCUT2D eigenvalue weighted by Gasteiger charge is 2.20. The third-order valence-electron chi connectivity index (χ3n) is 3.15. The van der Waals surface area contributed by atoms with Crippen molar-refractivity contribution in [3.63, 3.8) is 0 Å². The summed E-state index contributed by atoms with van der Waals surface area (Å²) < 4.78 is 10.8. The van der Waals surface area contributed by atoms with Crippen LogP contribution in [0.15, 0.2) is 18.2 Å². The quantitative estimate of drug-likeness (QED) is 0.703. The molecule has 0 aromatic heterocycles. The molecule has 0 aliphatic heterocycles. The van der Waals surface area contributed by atoms with E-state index in [0.717, 1.165) is 12.1 Å². The summed E-state index contributed by atoms with van der Waals surface area (Å²) in [5, 5.41) is 5.98. The molecule has 21 heavy (non-hydrogen) atoms. The molecular formula is C16H20N2O3. The Labute approximate surface area is 125 Å². The van der Waals surface area contributed by atoms with E-state index in [9.17, 15) is 4.79 Å². The number of hydrogen-bond acceptors (Lipinski definition) is 4. The van der Waals surface area contributed by atoms with E-state index in [-0.39, 0.29) is 19.1 Å². The molecule has 0 unspecified atom stereocenters. The number of carbonyl (C=O) groups is 1. The Morgan fingerprint density at radius 3 is 2.90 bits per heavy atom. The summed E-state index contributed by atoms with van der Waals surface area (Å²) in [6, 6.07) is 6.37. The predicted octanol–water partition coefficient (Wildman–Crippen LogP) is 1.08. The molecule has 1 saturated carbocycles. The van der Waals surface area contributed by atoms with E-state index in [0.29, 0.717) is 17.5 Å². The van der Waals surface area contributed by atoms with Crippen LogP contribution in [0.25, 0.3) is 0 Å². The highest BCUT2D eigenvalue weighted by atomic mass is 16.5. The Hall–Kier alpha value is -2.19. The van der Waals surface area contributed by atoms with Gasteiger partial charge in [0.15, 0.2) is 18.1 Å². The molecule has 1 aromatic carbocycles. The number of carbonyl (C=O) groups excluding carboxylic acids is 1. The lowest BCUT2D eigenvalue weighted by atomic mass is 10.2. The second-order valence-corrected chi connectivity index (χ2v) is 4.91. The second-order valence-electron chi connectivity index (χ2n) is 4.91. The summed E-state index contributed by atoms with van der Waals surface area (Å²) in [6.45, 7) is 0.899. The van der Waals surface area contributed by atoms with Gasteiger partial charge in [-0.3, -0.25) is 4.79 Å². The first-order valence-corrected chi connectivity index (χ1v) is 6.96. The van der Waals surface area contributed by atoms with E-state index in [1.807, 2.05) is 18.2 Å². The van der Waals surface area contributed by atoms with Crippen molar-refractivity contribution in [3.8, 4) is 23.8 Å². The summed E-state index contributed by atoms with van der Waals surface area (Å²) in [7, 11) is 1.57. The topological polar surface area (TPSA) is 59.6 Å². The number of hydrogen-bond donors (Lipinski definition) is 2.